The predicted octanol–water partition coefficient (Wildman–Crippen LogP) is 4.22. The van der Waals surface area contributed by atoms with E-state index in [1.54, 1.807) is 11.8 Å². The monoisotopic (exact) mass is 329 g/mol. The van der Waals surface area contributed by atoms with Gasteiger partial charge in [0.05, 0.1) is 12.1 Å². The molecule has 3 nitrogen and oxygen atoms in total. The Morgan fingerprint density at radius 3 is 2.70 bits per heavy atom. The molecule has 1 N–H and O–H groups in total. The van der Waals surface area contributed by atoms with E-state index in [0.29, 0.717) is 13.2 Å². The van der Waals surface area contributed by atoms with Gasteiger partial charge in [0.2, 0.25) is 0 Å². The third-order valence-corrected chi connectivity index (χ3v) is 4.36. The second kappa shape index (κ2) is 8.63. The molecule has 2 aromatic rings. The summed E-state index contributed by atoms with van der Waals surface area (Å²) in [6.07, 6.45) is 0. The highest BCUT2D eigenvalue weighted by atomic mass is 32.2. The molecule has 0 saturated heterocycles. The topological polar surface area (TPSA) is 38.3 Å². The summed E-state index contributed by atoms with van der Waals surface area (Å²) < 4.78 is 5.74. The van der Waals surface area contributed by atoms with Crippen LogP contribution in [0.3, 0.4) is 0 Å². The van der Waals surface area contributed by atoms with Crippen LogP contribution in [0.4, 0.5) is 0 Å². The SMILES string of the molecule is CCSc1ccccc1C(=O)NCCOc1ccc(C)cc1C. The molecule has 0 fully saturated rings. The minimum absolute atomic E-state index is 0.0502. The maximum absolute atomic E-state index is 12.3. The lowest BCUT2D eigenvalue weighted by Crippen LogP contribution is -2.28. The zero-order chi connectivity index (χ0) is 16.7. The van der Waals surface area contributed by atoms with Gasteiger partial charge in [-0.05, 0) is 43.4 Å². The van der Waals surface area contributed by atoms with E-state index in [0.717, 1.165) is 27.5 Å². The molecular formula is C19H23NO2S. The number of amides is 1. The first-order chi connectivity index (χ1) is 11.1. The van der Waals surface area contributed by atoms with Crippen molar-refractivity contribution in [2.24, 2.45) is 0 Å². The fourth-order valence-corrected chi connectivity index (χ4v) is 3.12. The lowest BCUT2D eigenvalue weighted by Gasteiger charge is -2.11. The van der Waals surface area contributed by atoms with Crippen molar-refractivity contribution in [2.75, 3.05) is 18.9 Å². The summed E-state index contributed by atoms with van der Waals surface area (Å²) in [6, 6.07) is 13.8. The summed E-state index contributed by atoms with van der Waals surface area (Å²) in [4.78, 5) is 13.3. The van der Waals surface area contributed by atoms with Gasteiger partial charge < -0.3 is 10.1 Å². The van der Waals surface area contributed by atoms with Crippen molar-refractivity contribution in [3.8, 4) is 5.75 Å². The number of benzene rings is 2. The molecule has 0 atom stereocenters. The molecule has 0 heterocycles. The number of ether oxygens (including phenoxy) is 1. The number of hydrogen-bond acceptors (Lipinski definition) is 3. The molecule has 0 bridgehead atoms. The fraction of sp³-hybridized carbons (Fsp3) is 0.316. The average molecular weight is 329 g/mol. The second-order valence-electron chi connectivity index (χ2n) is 5.30. The Labute approximate surface area is 142 Å². The summed E-state index contributed by atoms with van der Waals surface area (Å²) in [5.74, 6) is 1.76. The fourth-order valence-electron chi connectivity index (χ4n) is 2.32. The Morgan fingerprint density at radius 1 is 1.17 bits per heavy atom. The van der Waals surface area contributed by atoms with Crippen LogP contribution in [0, 0.1) is 13.8 Å². The number of carbonyl (C=O) groups is 1. The highest BCUT2D eigenvalue weighted by Gasteiger charge is 2.10. The molecular weight excluding hydrogens is 306 g/mol. The standard InChI is InChI=1S/C19H23NO2S/c1-4-23-18-8-6-5-7-16(18)19(21)20-11-12-22-17-10-9-14(2)13-15(17)3/h5-10,13H,4,11-12H2,1-3H3,(H,20,21). The number of nitrogens with one attached hydrogen (secondary N) is 1. The van der Waals surface area contributed by atoms with E-state index >= 15 is 0 Å². The van der Waals surface area contributed by atoms with E-state index in [-0.39, 0.29) is 5.91 Å². The molecule has 122 valence electrons. The van der Waals surface area contributed by atoms with Crippen LogP contribution in [0.5, 0.6) is 5.75 Å². The van der Waals surface area contributed by atoms with E-state index in [1.165, 1.54) is 5.56 Å². The van der Waals surface area contributed by atoms with Crippen molar-refractivity contribution >= 4 is 17.7 Å². The van der Waals surface area contributed by atoms with Crippen LogP contribution >= 0.6 is 11.8 Å². The van der Waals surface area contributed by atoms with E-state index < -0.39 is 0 Å². The largest absolute Gasteiger partial charge is 0.491 e. The lowest BCUT2D eigenvalue weighted by atomic mass is 10.1. The minimum Gasteiger partial charge on any atom is -0.491 e. The molecule has 1 amide bonds. The highest BCUT2D eigenvalue weighted by Crippen LogP contribution is 2.22. The molecule has 0 aromatic heterocycles. The first-order valence-electron chi connectivity index (χ1n) is 7.82. The number of carbonyl (C=O) groups excluding carboxylic acids is 1. The molecule has 0 aliphatic carbocycles. The van der Waals surface area contributed by atoms with Gasteiger partial charge in [0.25, 0.3) is 5.91 Å². The first kappa shape index (κ1) is 17.4. The maximum atomic E-state index is 12.3. The van der Waals surface area contributed by atoms with Gasteiger partial charge in [-0.3, -0.25) is 4.79 Å². The van der Waals surface area contributed by atoms with E-state index in [1.807, 2.05) is 43.3 Å². The van der Waals surface area contributed by atoms with Crippen LogP contribution < -0.4 is 10.1 Å². The Morgan fingerprint density at radius 2 is 1.96 bits per heavy atom. The van der Waals surface area contributed by atoms with Crippen LogP contribution in [-0.4, -0.2) is 24.8 Å². The normalized spacial score (nSPS) is 10.4. The van der Waals surface area contributed by atoms with Gasteiger partial charge in [0.15, 0.2) is 0 Å². The van der Waals surface area contributed by atoms with Crippen LogP contribution in [0.25, 0.3) is 0 Å². The van der Waals surface area contributed by atoms with Gasteiger partial charge in [-0.15, -0.1) is 11.8 Å². The smallest absolute Gasteiger partial charge is 0.252 e. The third kappa shape index (κ3) is 5.03. The van der Waals surface area contributed by atoms with Gasteiger partial charge in [-0.2, -0.15) is 0 Å². The zero-order valence-electron chi connectivity index (χ0n) is 13.9. The van der Waals surface area contributed by atoms with Crippen molar-refractivity contribution in [3.63, 3.8) is 0 Å². The lowest BCUT2D eigenvalue weighted by molar-refractivity contribution is 0.0944. The number of rotatable bonds is 7. The van der Waals surface area contributed by atoms with Gasteiger partial charge in [-0.1, -0.05) is 36.8 Å². The summed E-state index contributed by atoms with van der Waals surface area (Å²) in [6.45, 7) is 7.11. The summed E-state index contributed by atoms with van der Waals surface area (Å²) in [7, 11) is 0. The van der Waals surface area contributed by atoms with Gasteiger partial charge in [0, 0.05) is 4.90 Å². The second-order valence-corrected chi connectivity index (χ2v) is 6.61. The number of aryl methyl sites for hydroxylation is 2. The average Bonchev–Trinajstić information content (AvgIpc) is 2.54. The maximum Gasteiger partial charge on any atom is 0.252 e. The molecule has 0 aliphatic heterocycles. The molecule has 2 aromatic carbocycles. The first-order valence-corrected chi connectivity index (χ1v) is 8.80. The van der Waals surface area contributed by atoms with Gasteiger partial charge >= 0.3 is 0 Å². The zero-order valence-corrected chi connectivity index (χ0v) is 14.7. The van der Waals surface area contributed by atoms with E-state index in [9.17, 15) is 4.79 Å². The van der Waals surface area contributed by atoms with Crippen LogP contribution in [0.15, 0.2) is 47.4 Å². The third-order valence-electron chi connectivity index (χ3n) is 3.41. The molecule has 0 spiro atoms. The molecule has 0 unspecified atom stereocenters. The predicted molar refractivity (Wildman–Crippen MR) is 96.6 cm³/mol. The van der Waals surface area contributed by atoms with Gasteiger partial charge in [-0.25, -0.2) is 0 Å². The summed E-state index contributed by atoms with van der Waals surface area (Å²) in [5.41, 5.74) is 3.06. The molecule has 23 heavy (non-hydrogen) atoms. The Kier molecular flexibility index (Phi) is 6.53. The van der Waals surface area contributed by atoms with Crippen LogP contribution in [0.2, 0.25) is 0 Å². The molecule has 2 rings (SSSR count). The van der Waals surface area contributed by atoms with E-state index in [4.69, 9.17) is 4.74 Å². The Bertz CT molecular complexity index is 670. The van der Waals surface area contributed by atoms with Crippen molar-refractivity contribution in [1.82, 2.24) is 5.32 Å². The van der Waals surface area contributed by atoms with Crippen molar-refractivity contribution in [2.45, 2.75) is 25.7 Å². The quantitative estimate of drug-likeness (QED) is 0.610. The van der Waals surface area contributed by atoms with Crippen LogP contribution in [0.1, 0.15) is 28.4 Å². The molecule has 0 radical (unpaired) electrons. The minimum atomic E-state index is -0.0502. The van der Waals surface area contributed by atoms with Crippen molar-refractivity contribution in [3.05, 3.63) is 59.2 Å². The highest BCUT2D eigenvalue weighted by molar-refractivity contribution is 7.99. The van der Waals surface area contributed by atoms with E-state index in [2.05, 4.69) is 25.2 Å². The number of hydrogen-bond donors (Lipinski definition) is 1. The van der Waals surface area contributed by atoms with Crippen molar-refractivity contribution in [1.29, 1.82) is 0 Å². The summed E-state index contributed by atoms with van der Waals surface area (Å²) >= 11 is 1.68. The molecule has 4 heteroatoms. The summed E-state index contributed by atoms with van der Waals surface area (Å²) in [5, 5.41) is 2.92. The molecule has 0 aliphatic rings. The van der Waals surface area contributed by atoms with Crippen molar-refractivity contribution < 1.29 is 9.53 Å². The van der Waals surface area contributed by atoms with Crippen LogP contribution in [-0.2, 0) is 0 Å². The van der Waals surface area contributed by atoms with Gasteiger partial charge in [0.1, 0.15) is 12.4 Å². The molecule has 0 saturated carbocycles. The number of thioether (sulfide) groups is 1. The Balaban J connectivity index is 1.85. The Hall–Kier alpha value is -1.94.